The molecule has 108 valence electrons. The first-order valence-corrected chi connectivity index (χ1v) is 7.10. The highest BCUT2D eigenvalue weighted by molar-refractivity contribution is 6.00. The summed E-state index contributed by atoms with van der Waals surface area (Å²) in [6.07, 6.45) is 0.196. The lowest BCUT2D eigenvalue weighted by molar-refractivity contribution is -0.126. The van der Waals surface area contributed by atoms with Gasteiger partial charge in [-0.1, -0.05) is 37.3 Å². The SMILES string of the molecule is CCC1Oc2cc(N)ccc2N(Cc2ccccc2)C1=O. The number of nitrogen functional groups attached to an aromatic ring is 1. The van der Waals surface area contributed by atoms with Gasteiger partial charge in [0.2, 0.25) is 0 Å². The number of hydrogen-bond donors (Lipinski definition) is 1. The minimum Gasteiger partial charge on any atom is -0.478 e. The average Bonchev–Trinajstić information content (AvgIpc) is 2.50. The standard InChI is InChI=1S/C17H18N2O2/c1-2-15-17(20)19(11-12-6-4-3-5-7-12)14-9-8-13(18)10-16(14)21-15/h3-10,15H,2,11,18H2,1H3. The van der Waals surface area contributed by atoms with Gasteiger partial charge in [0.25, 0.3) is 5.91 Å². The van der Waals surface area contributed by atoms with Gasteiger partial charge in [-0.15, -0.1) is 0 Å². The van der Waals surface area contributed by atoms with Gasteiger partial charge in [-0.3, -0.25) is 4.79 Å². The number of anilines is 2. The van der Waals surface area contributed by atoms with E-state index in [1.54, 1.807) is 17.0 Å². The van der Waals surface area contributed by atoms with E-state index in [0.29, 0.717) is 24.4 Å². The van der Waals surface area contributed by atoms with Crippen LogP contribution in [0.25, 0.3) is 0 Å². The second-order valence-corrected chi connectivity index (χ2v) is 5.15. The predicted molar refractivity (Wildman–Crippen MR) is 83.2 cm³/mol. The lowest BCUT2D eigenvalue weighted by Gasteiger charge is -2.34. The Bertz CT molecular complexity index is 655. The second kappa shape index (κ2) is 5.48. The van der Waals surface area contributed by atoms with E-state index in [1.165, 1.54) is 0 Å². The Kier molecular flexibility index (Phi) is 3.52. The Labute approximate surface area is 124 Å². The second-order valence-electron chi connectivity index (χ2n) is 5.15. The van der Waals surface area contributed by atoms with E-state index in [0.717, 1.165) is 11.3 Å². The van der Waals surface area contributed by atoms with E-state index in [2.05, 4.69) is 0 Å². The molecule has 1 unspecified atom stereocenters. The van der Waals surface area contributed by atoms with Crippen LogP contribution in [0.3, 0.4) is 0 Å². The highest BCUT2D eigenvalue weighted by atomic mass is 16.5. The monoisotopic (exact) mass is 282 g/mol. The first-order valence-electron chi connectivity index (χ1n) is 7.10. The highest BCUT2D eigenvalue weighted by Gasteiger charge is 2.33. The molecule has 1 heterocycles. The zero-order chi connectivity index (χ0) is 14.8. The van der Waals surface area contributed by atoms with Crippen molar-refractivity contribution in [3.63, 3.8) is 0 Å². The Balaban J connectivity index is 1.99. The first-order chi connectivity index (χ1) is 10.2. The summed E-state index contributed by atoms with van der Waals surface area (Å²) < 4.78 is 5.77. The molecule has 1 amide bonds. The summed E-state index contributed by atoms with van der Waals surface area (Å²) >= 11 is 0. The smallest absolute Gasteiger partial charge is 0.268 e. The van der Waals surface area contributed by atoms with Crippen LogP contribution in [0, 0.1) is 0 Å². The van der Waals surface area contributed by atoms with Crippen molar-refractivity contribution in [3.8, 4) is 5.75 Å². The largest absolute Gasteiger partial charge is 0.478 e. The molecule has 0 bridgehead atoms. The third-order valence-corrected chi connectivity index (χ3v) is 3.64. The van der Waals surface area contributed by atoms with Crippen molar-refractivity contribution in [2.75, 3.05) is 10.6 Å². The molecule has 0 aromatic heterocycles. The number of carbonyl (C=O) groups excluding carboxylic acids is 1. The Hall–Kier alpha value is -2.49. The van der Waals surface area contributed by atoms with Crippen molar-refractivity contribution in [2.45, 2.75) is 26.0 Å². The maximum atomic E-state index is 12.6. The Morgan fingerprint density at radius 2 is 1.95 bits per heavy atom. The Morgan fingerprint density at radius 3 is 2.67 bits per heavy atom. The van der Waals surface area contributed by atoms with Crippen LogP contribution in [0.4, 0.5) is 11.4 Å². The van der Waals surface area contributed by atoms with Crippen LogP contribution in [0.1, 0.15) is 18.9 Å². The van der Waals surface area contributed by atoms with Gasteiger partial charge in [0.15, 0.2) is 6.10 Å². The average molecular weight is 282 g/mol. The zero-order valence-corrected chi connectivity index (χ0v) is 12.0. The van der Waals surface area contributed by atoms with Gasteiger partial charge in [-0.05, 0) is 24.1 Å². The molecule has 0 spiro atoms. The number of fused-ring (bicyclic) bond motifs is 1. The van der Waals surface area contributed by atoms with E-state index in [-0.39, 0.29) is 5.91 Å². The van der Waals surface area contributed by atoms with Crippen molar-refractivity contribution in [3.05, 3.63) is 54.1 Å². The number of carbonyl (C=O) groups is 1. The third-order valence-electron chi connectivity index (χ3n) is 3.64. The van der Waals surface area contributed by atoms with Crippen molar-refractivity contribution >= 4 is 17.3 Å². The lowest BCUT2D eigenvalue weighted by atomic mass is 10.1. The van der Waals surface area contributed by atoms with Crippen LogP contribution < -0.4 is 15.4 Å². The molecule has 1 aliphatic rings. The van der Waals surface area contributed by atoms with E-state index >= 15 is 0 Å². The summed E-state index contributed by atoms with van der Waals surface area (Å²) in [4.78, 5) is 14.4. The van der Waals surface area contributed by atoms with Gasteiger partial charge < -0.3 is 15.4 Å². The molecule has 0 aliphatic carbocycles. The Morgan fingerprint density at radius 1 is 1.19 bits per heavy atom. The molecular weight excluding hydrogens is 264 g/mol. The summed E-state index contributed by atoms with van der Waals surface area (Å²) in [5, 5.41) is 0. The molecule has 1 aliphatic heterocycles. The molecule has 2 N–H and O–H groups in total. The number of hydrogen-bond acceptors (Lipinski definition) is 3. The van der Waals surface area contributed by atoms with Gasteiger partial charge in [-0.2, -0.15) is 0 Å². The molecule has 2 aromatic carbocycles. The van der Waals surface area contributed by atoms with Gasteiger partial charge >= 0.3 is 0 Å². The first kappa shape index (κ1) is 13.5. The normalized spacial score (nSPS) is 17.3. The number of amides is 1. The summed E-state index contributed by atoms with van der Waals surface area (Å²) in [7, 11) is 0. The fourth-order valence-corrected chi connectivity index (χ4v) is 2.53. The van der Waals surface area contributed by atoms with E-state index in [4.69, 9.17) is 10.5 Å². The van der Waals surface area contributed by atoms with Crippen LogP contribution >= 0.6 is 0 Å². The number of ether oxygens (including phenoxy) is 1. The van der Waals surface area contributed by atoms with E-state index in [9.17, 15) is 4.79 Å². The molecule has 3 rings (SSSR count). The number of nitrogens with two attached hydrogens (primary N) is 1. The van der Waals surface area contributed by atoms with Gasteiger partial charge in [0, 0.05) is 11.8 Å². The molecular formula is C17H18N2O2. The fraction of sp³-hybridized carbons (Fsp3) is 0.235. The molecule has 4 nitrogen and oxygen atoms in total. The predicted octanol–water partition coefficient (Wildman–Crippen LogP) is 2.97. The number of rotatable bonds is 3. The van der Waals surface area contributed by atoms with Crippen molar-refractivity contribution < 1.29 is 9.53 Å². The molecule has 0 saturated carbocycles. The van der Waals surface area contributed by atoms with Crippen LogP contribution in [-0.2, 0) is 11.3 Å². The van der Waals surface area contributed by atoms with Crippen molar-refractivity contribution in [1.29, 1.82) is 0 Å². The van der Waals surface area contributed by atoms with Gasteiger partial charge in [0.05, 0.1) is 12.2 Å². The molecule has 0 fully saturated rings. The van der Waals surface area contributed by atoms with E-state index in [1.807, 2.05) is 43.3 Å². The van der Waals surface area contributed by atoms with Crippen LogP contribution in [0.5, 0.6) is 5.75 Å². The maximum absolute atomic E-state index is 12.6. The minimum atomic E-state index is -0.442. The van der Waals surface area contributed by atoms with Crippen molar-refractivity contribution in [2.24, 2.45) is 0 Å². The highest BCUT2D eigenvalue weighted by Crippen LogP contribution is 2.37. The van der Waals surface area contributed by atoms with Crippen molar-refractivity contribution in [1.82, 2.24) is 0 Å². The molecule has 0 saturated heterocycles. The molecule has 0 radical (unpaired) electrons. The van der Waals surface area contributed by atoms with Crippen LogP contribution in [0.2, 0.25) is 0 Å². The van der Waals surface area contributed by atoms with Gasteiger partial charge in [-0.25, -0.2) is 0 Å². The summed E-state index contributed by atoms with van der Waals surface area (Å²) in [5.74, 6) is 0.677. The fourth-order valence-electron chi connectivity index (χ4n) is 2.53. The maximum Gasteiger partial charge on any atom is 0.268 e. The quantitative estimate of drug-likeness (QED) is 0.881. The molecule has 21 heavy (non-hydrogen) atoms. The number of benzene rings is 2. The van der Waals surface area contributed by atoms with E-state index < -0.39 is 6.10 Å². The van der Waals surface area contributed by atoms with Crippen LogP contribution in [0.15, 0.2) is 48.5 Å². The molecule has 1 atom stereocenters. The summed E-state index contributed by atoms with van der Waals surface area (Å²) in [5.41, 5.74) is 8.32. The van der Waals surface area contributed by atoms with Crippen LogP contribution in [-0.4, -0.2) is 12.0 Å². The number of nitrogens with zero attached hydrogens (tertiary/aromatic N) is 1. The zero-order valence-electron chi connectivity index (χ0n) is 12.0. The van der Waals surface area contributed by atoms with Gasteiger partial charge in [0.1, 0.15) is 5.75 Å². The third kappa shape index (κ3) is 2.57. The minimum absolute atomic E-state index is 0.00127. The molecule has 2 aromatic rings. The summed E-state index contributed by atoms with van der Waals surface area (Å²) in [6.45, 7) is 2.48. The molecule has 4 heteroatoms. The topological polar surface area (TPSA) is 55.6 Å². The summed E-state index contributed by atoms with van der Waals surface area (Å²) in [6, 6.07) is 15.4. The lowest BCUT2D eigenvalue weighted by Crippen LogP contribution is -2.45.